The van der Waals surface area contributed by atoms with Crippen molar-refractivity contribution in [2.75, 3.05) is 18.2 Å². The number of carbonyl (C=O) groups is 1. The minimum atomic E-state index is -0.157. The molecule has 0 atom stereocenters. The first-order valence-electron chi connectivity index (χ1n) is 9.39. The van der Waals surface area contributed by atoms with E-state index in [1.807, 2.05) is 47.9 Å². The van der Waals surface area contributed by atoms with E-state index in [1.165, 1.54) is 17.3 Å². The van der Waals surface area contributed by atoms with Crippen molar-refractivity contribution < 1.29 is 14.3 Å². The average Bonchev–Trinajstić information content (AvgIpc) is 3.14. The first-order valence-corrected chi connectivity index (χ1v) is 10.4. The molecule has 0 saturated carbocycles. The zero-order chi connectivity index (χ0) is 21.3. The van der Waals surface area contributed by atoms with Crippen LogP contribution in [0.4, 0.5) is 5.69 Å². The molecule has 0 spiro atoms. The monoisotopic (exact) mass is 424 g/mol. The third-order valence-electron chi connectivity index (χ3n) is 4.21. The van der Waals surface area contributed by atoms with Crippen molar-refractivity contribution in [3.05, 3.63) is 72.6 Å². The van der Waals surface area contributed by atoms with Gasteiger partial charge in [0.05, 0.1) is 18.6 Å². The van der Waals surface area contributed by atoms with Gasteiger partial charge in [-0.2, -0.15) is 0 Å². The summed E-state index contributed by atoms with van der Waals surface area (Å²) in [6, 6.07) is 15.1. The lowest BCUT2D eigenvalue weighted by Gasteiger charge is -2.10. The molecule has 1 amide bonds. The Morgan fingerprint density at radius 1 is 1.20 bits per heavy atom. The number of carbonyl (C=O) groups excluding carboxylic acids is 1. The highest BCUT2D eigenvalue weighted by Gasteiger charge is 2.15. The predicted molar refractivity (Wildman–Crippen MR) is 118 cm³/mol. The molecule has 0 radical (unpaired) electrons. The second kappa shape index (κ2) is 10.5. The summed E-state index contributed by atoms with van der Waals surface area (Å²) in [5, 5.41) is 11.9. The number of nitrogens with zero attached hydrogens (tertiary/aromatic N) is 3. The quantitative estimate of drug-likeness (QED) is 0.390. The number of nitrogens with one attached hydrogen (secondary N) is 1. The molecular formula is C22H24N4O3S. The van der Waals surface area contributed by atoms with Crippen LogP contribution >= 0.6 is 11.8 Å². The SMILES string of the molecule is C=CCn1c(COc2ccc(C)cc2)nnc1SCC(=O)Nc1ccccc1OC. The third kappa shape index (κ3) is 5.64. The number of ether oxygens (including phenoxy) is 2. The Labute approximate surface area is 180 Å². The Kier molecular flexibility index (Phi) is 7.51. The number of anilines is 1. The van der Waals surface area contributed by atoms with Gasteiger partial charge in [-0.15, -0.1) is 16.8 Å². The van der Waals surface area contributed by atoms with Gasteiger partial charge in [0.25, 0.3) is 0 Å². The number of thioether (sulfide) groups is 1. The molecule has 3 rings (SSSR count). The molecule has 30 heavy (non-hydrogen) atoms. The number of aromatic nitrogens is 3. The van der Waals surface area contributed by atoms with Crippen molar-refractivity contribution in [2.45, 2.75) is 25.2 Å². The van der Waals surface area contributed by atoms with E-state index in [4.69, 9.17) is 9.47 Å². The smallest absolute Gasteiger partial charge is 0.234 e. The van der Waals surface area contributed by atoms with E-state index >= 15 is 0 Å². The Balaban J connectivity index is 1.62. The molecule has 0 aliphatic heterocycles. The van der Waals surface area contributed by atoms with Gasteiger partial charge >= 0.3 is 0 Å². The maximum Gasteiger partial charge on any atom is 0.234 e. The second-order valence-electron chi connectivity index (χ2n) is 6.44. The molecule has 1 heterocycles. The molecule has 1 N–H and O–H groups in total. The standard InChI is InChI=1S/C22H24N4O3S/c1-4-13-26-20(14-29-17-11-9-16(2)10-12-17)24-25-22(26)30-15-21(27)23-18-7-5-6-8-19(18)28-3/h4-12H,1,13-15H2,2-3H3,(H,23,27). The summed E-state index contributed by atoms with van der Waals surface area (Å²) in [6.45, 7) is 6.62. The number of benzene rings is 2. The topological polar surface area (TPSA) is 78.3 Å². The number of allylic oxidation sites excluding steroid dienone is 1. The average molecular weight is 425 g/mol. The molecule has 0 fully saturated rings. The van der Waals surface area contributed by atoms with Crippen LogP contribution in [0.2, 0.25) is 0 Å². The number of rotatable bonds is 10. The summed E-state index contributed by atoms with van der Waals surface area (Å²) in [5.41, 5.74) is 1.80. The molecule has 0 saturated heterocycles. The summed E-state index contributed by atoms with van der Waals surface area (Å²) in [6.07, 6.45) is 1.76. The lowest BCUT2D eigenvalue weighted by atomic mass is 10.2. The maximum absolute atomic E-state index is 12.4. The first-order chi connectivity index (χ1) is 14.6. The van der Waals surface area contributed by atoms with E-state index in [-0.39, 0.29) is 18.3 Å². The molecular weight excluding hydrogens is 400 g/mol. The molecule has 156 valence electrons. The van der Waals surface area contributed by atoms with Crippen molar-refractivity contribution in [1.82, 2.24) is 14.8 Å². The van der Waals surface area contributed by atoms with Crippen LogP contribution in [-0.4, -0.2) is 33.5 Å². The number of aryl methyl sites for hydroxylation is 1. The molecule has 2 aromatic carbocycles. The Morgan fingerprint density at radius 2 is 1.97 bits per heavy atom. The van der Waals surface area contributed by atoms with Crippen LogP contribution in [0.15, 0.2) is 66.3 Å². The van der Waals surface area contributed by atoms with E-state index in [1.54, 1.807) is 25.3 Å². The predicted octanol–water partition coefficient (Wildman–Crippen LogP) is 4.09. The van der Waals surface area contributed by atoms with Crippen LogP contribution in [-0.2, 0) is 17.9 Å². The molecule has 0 aliphatic rings. The van der Waals surface area contributed by atoms with Gasteiger partial charge in [0.1, 0.15) is 18.1 Å². The summed E-state index contributed by atoms with van der Waals surface area (Å²) >= 11 is 1.31. The summed E-state index contributed by atoms with van der Waals surface area (Å²) in [4.78, 5) is 12.4. The van der Waals surface area contributed by atoms with Crippen LogP contribution in [0.3, 0.4) is 0 Å². The van der Waals surface area contributed by atoms with E-state index in [0.717, 1.165) is 5.75 Å². The highest BCUT2D eigenvalue weighted by atomic mass is 32.2. The Morgan fingerprint density at radius 3 is 2.70 bits per heavy atom. The number of para-hydroxylation sites is 2. The van der Waals surface area contributed by atoms with E-state index in [9.17, 15) is 4.79 Å². The lowest BCUT2D eigenvalue weighted by molar-refractivity contribution is -0.113. The molecule has 7 nitrogen and oxygen atoms in total. The number of hydrogen-bond donors (Lipinski definition) is 1. The van der Waals surface area contributed by atoms with Crippen LogP contribution in [0.1, 0.15) is 11.4 Å². The van der Waals surface area contributed by atoms with E-state index < -0.39 is 0 Å². The van der Waals surface area contributed by atoms with E-state index in [0.29, 0.717) is 29.0 Å². The van der Waals surface area contributed by atoms with Crippen molar-refractivity contribution in [1.29, 1.82) is 0 Å². The van der Waals surface area contributed by atoms with Crippen LogP contribution < -0.4 is 14.8 Å². The Hall–Kier alpha value is -3.26. The van der Waals surface area contributed by atoms with Crippen molar-refractivity contribution >= 4 is 23.4 Å². The highest BCUT2D eigenvalue weighted by molar-refractivity contribution is 7.99. The van der Waals surface area contributed by atoms with Gasteiger partial charge in [0, 0.05) is 6.54 Å². The van der Waals surface area contributed by atoms with Gasteiger partial charge in [-0.1, -0.05) is 47.7 Å². The zero-order valence-corrected chi connectivity index (χ0v) is 17.8. The lowest BCUT2D eigenvalue weighted by Crippen LogP contribution is -2.15. The van der Waals surface area contributed by atoms with Crippen molar-refractivity contribution in [3.63, 3.8) is 0 Å². The molecule has 8 heteroatoms. The number of hydrogen-bond acceptors (Lipinski definition) is 6. The minimum absolute atomic E-state index is 0.157. The van der Waals surface area contributed by atoms with Gasteiger partial charge in [-0.25, -0.2) is 0 Å². The summed E-state index contributed by atoms with van der Waals surface area (Å²) in [5.74, 6) is 2.07. The Bertz CT molecular complexity index is 1000. The normalized spacial score (nSPS) is 10.5. The molecule has 3 aromatic rings. The van der Waals surface area contributed by atoms with Gasteiger partial charge < -0.3 is 14.8 Å². The molecule has 1 aromatic heterocycles. The van der Waals surface area contributed by atoms with Crippen LogP contribution in [0.5, 0.6) is 11.5 Å². The first kappa shape index (κ1) is 21.4. The highest BCUT2D eigenvalue weighted by Crippen LogP contribution is 2.24. The molecule has 0 aliphatic carbocycles. The molecule has 0 unspecified atom stereocenters. The van der Waals surface area contributed by atoms with Crippen molar-refractivity contribution in [3.8, 4) is 11.5 Å². The third-order valence-corrected chi connectivity index (χ3v) is 5.17. The van der Waals surface area contributed by atoms with Gasteiger partial charge in [-0.3, -0.25) is 9.36 Å². The van der Waals surface area contributed by atoms with Crippen molar-refractivity contribution in [2.24, 2.45) is 0 Å². The molecule has 0 bridgehead atoms. The fourth-order valence-electron chi connectivity index (χ4n) is 2.69. The fraction of sp³-hybridized carbons (Fsp3) is 0.227. The number of amides is 1. The van der Waals surface area contributed by atoms with Crippen LogP contribution in [0, 0.1) is 6.92 Å². The van der Waals surface area contributed by atoms with Gasteiger partial charge in [0.15, 0.2) is 11.0 Å². The van der Waals surface area contributed by atoms with Gasteiger partial charge in [-0.05, 0) is 31.2 Å². The zero-order valence-electron chi connectivity index (χ0n) is 17.0. The van der Waals surface area contributed by atoms with E-state index in [2.05, 4.69) is 22.1 Å². The summed E-state index contributed by atoms with van der Waals surface area (Å²) in [7, 11) is 1.57. The van der Waals surface area contributed by atoms with Crippen LogP contribution in [0.25, 0.3) is 0 Å². The fourth-order valence-corrected chi connectivity index (χ4v) is 3.46. The largest absolute Gasteiger partial charge is 0.495 e. The number of methoxy groups -OCH3 is 1. The summed E-state index contributed by atoms with van der Waals surface area (Å²) < 4.78 is 13.0. The maximum atomic E-state index is 12.4. The second-order valence-corrected chi connectivity index (χ2v) is 7.38. The minimum Gasteiger partial charge on any atom is -0.495 e. The van der Waals surface area contributed by atoms with Gasteiger partial charge in [0.2, 0.25) is 5.91 Å².